The summed E-state index contributed by atoms with van der Waals surface area (Å²) in [6.45, 7) is 4.23. The molecule has 4 nitrogen and oxygen atoms in total. The molecule has 1 heterocycles. The number of hydrogen-bond donors (Lipinski definition) is 0. The van der Waals surface area contributed by atoms with Gasteiger partial charge in [0.2, 0.25) is 0 Å². The van der Waals surface area contributed by atoms with Crippen LogP contribution in [0.1, 0.15) is 32.1 Å². The van der Waals surface area contributed by atoms with Crippen molar-refractivity contribution >= 4 is 5.97 Å². The minimum Gasteiger partial charge on any atom is -0.460 e. The van der Waals surface area contributed by atoms with Crippen molar-refractivity contribution in [3.8, 4) is 0 Å². The molecule has 5 fully saturated rings. The average molecular weight is 278 g/mol. The molecule has 4 aliphatic carbocycles. The van der Waals surface area contributed by atoms with Crippen molar-refractivity contribution in [2.75, 3.05) is 13.2 Å². The first-order valence-electron chi connectivity index (χ1n) is 7.80. The van der Waals surface area contributed by atoms with E-state index in [1.54, 1.807) is 0 Å². The third-order valence-electron chi connectivity index (χ3n) is 5.70. The van der Waals surface area contributed by atoms with Gasteiger partial charge < -0.3 is 14.2 Å². The van der Waals surface area contributed by atoms with Crippen LogP contribution in [-0.4, -0.2) is 31.1 Å². The van der Waals surface area contributed by atoms with E-state index in [1.165, 1.54) is 38.2 Å². The summed E-state index contributed by atoms with van der Waals surface area (Å²) in [7, 11) is 0. The molecule has 1 atom stereocenters. The van der Waals surface area contributed by atoms with Crippen molar-refractivity contribution in [2.24, 2.45) is 23.7 Å². The maximum Gasteiger partial charge on any atom is 0.330 e. The van der Waals surface area contributed by atoms with Gasteiger partial charge in [0.15, 0.2) is 5.79 Å². The van der Waals surface area contributed by atoms with Gasteiger partial charge in [0.1, 0.15) is 12.7 Å². The van der Waals surface area contributed by atoms with Gasteiger partial charge in [-0.1, -0.05) is 6.58 Å². The molecular formula is C16H22O4. The normalized spacial score (nSPS) is 48.7. The summed E-state index contributed by atoms with van der Waals surface area (Å²) < 4.78 is 17.5. The number of rotatable bonds is 3. The molecule has 0 aromatic carbocycles. The molecule has 5 rings (SSSR count). The second kappa shape index (κ2) is 4.57. The van der Waals surface area contributed by atoms with Gasteiger partial charge >= 0.3 is 5.97 Å². The fourth-order valence-electron chi connectivity index (χ4n) is 5.14. The first-order valence-corrected chi connectivity index (χ1v) is 7.80. The van der Waals surface area contributed by atoms with Gasteiger partial charge in [-0.15, -0.1) is 0 Å². The number of hydrogen-bond acceptors (Lipinski definition) is 4. The molecule has 1 saturated heterocycles. The lowest BCUT2D eigenvalue weighted by molar-refractivity contribution is -0.295. The molecule has 110 valence electrons. The Morgan fingerprint density at radius 1 is 1.20 bits per heavy atom. The minimum absolute atomic E-state index is 0.114. The summed E-state index contributed by atoms with van der Waals surface area (Å²) in [5.74, 6) is 2.15. The second-order valence-electron chi connectivity index (χ2n) is 6.91. The van der Waals surface area contributed by atoms with Crippen molar-refractivity contribution in [3.05, 3.63) is 12.7 Å². The standard InChI is InChI=1S/C16H22O4/c1-2-15(17)18-8-14-9-19-16(20-14)12-4-10-3-11(6-12)7-13(16)5-10/h2,10-14H,1,3-9H2. The van der Waals surface area contributed by atoms with E-state index in [0.29, 0.717) is 18.4 Å². The molecule has 4 heteroatoms. The quantitative estimate of drug-likeness (QED) is 0.587. The van der Waals surface area contributed by atoms with Crippen LogP contribution in [-0.2, 0) is 19.0 Å². The lowest BCUT2D eigenvalue weighted by Gasteiger charge is -2.58. The van der Waals surface area contributed by atoms with Gasteiger partial charge in [0.25, 0.3) is 0 Å². The van der Waals surface area contributed by atoms with Crippen LogP contribution in [0.3, 0.4) is 0 Å². The van der Waals surface area contributed by atoms with Gasteiger partial charge in [-0.3, -0.25) is 0 Å². The van der Waals surface area contributed by atoms with Crippen LogP contribution in [0, 0.1) is 23.7 Å². The summed E-state index contributed by atoms with van der Waals surface area (Å²) in [5.41, 5.74) is 0. The third kappa shape index (κ3) is 1.85. The summed E-state index contributed by atoms with van der Waals surface area (Å²) in [6, 6.07) is 0. The molecule has 4 saturated carbocycles. The fourth-order valence-corrected chi connectivity index (χ4v) is 5.14. The zero-order valence-electron chi connectivity index (χ0n) is 11.8. The molecule has 5 aliphatic rings. The Kier molecular flexibility index (Phi) is 2.93. The Morgan fingerprint density at radius 2 is 1.85 bits per heavy atom. The molecule has 4 bridgehead atoms. The van der Waals surface area contributed by atoms with E-state index in [9.17, 15) is 4.79 Å². The van der Waals surface area contributed by atoms with Crippen molar-refractivity contribution in [3.63, 3.8) is 0 Å². The topological polar surface area (TPSA) is 44.8 Å². The molecule has 1 spiro atoms. The van der Waals surface area contributed by atoms with Crippen molar-refractivity contribution < 1.29 is 19.0 Å². The molecule has 1 aliphatic heterocycles. The summed E-state index contributed by atoms with van der Waals surface area (Å²) >= 11 is 0. The predicted molar refractivity (Wildman–Crippen MR) is 71.8 cm³/mol. The highest BCUT2D eigenvalue weighted by Gasteiger charge is 2.62. The van der Waals surface area contributed by atoms with Crippen LogP contribution in [0.5, 0.6) is 0 Å². The Hall–Kier alpha value is -0.870. The molecule has 0 aromatic heterocycles. The van der Waals surface area contributed by atoms with E-state index >= 15 is 0 Å². The molecular weight excluding hydrogens is 256 g/mol. The average Bonchev–Trinajstić information content (AvgIpc) is 2.87. The Bertz CT molecular complexity index is 402. The van der Waals surface area contributed by atoms with E-state index in [0.717, 1.165) is 11.8 Å². The number of carbonyl (C=O) groups is 1. The van der Waals surface area contributed by atoms with Gasteiger partial charge in [0.05, 0.1) is 6.61 Å². The maximum absolute atomic E-state index is 11.1. The smallest absolute Gasteiger partial charge is 0.330 e. The first kappa shape index (κ1) is 12.8. The van der Waals surface area contributed by atoms with Crippen molar-refractivity contribution in [1.82, 2.24) is 0 Å². The SMILES string of the molecule is C=CC(=O)OCC1COC2(O1)C1CC3CC(C1)CC2C3. The number of ether oxygens (including phenoxy) is 3. The molecule has 0 amide bonds. The monoisotopic (exact) mass is 278 g/mol. The lowest BCUT2D eigenvalue weighted by atomic mass is 9.53. The van der Waals surface area contributed by atoms with Gasteiger partial charge in [-0.05, 0) is 43.9 Å². The molecule has 1 unspecified atom stereocenters. The van der Waals surface area contributed by atoms with Crippen LogP contribution in [0.4, 0.5) is 0 Å². The molecule has 0 N–H and O–H groups in total. The Morgan fingerprint density at radius 3 is 2.45 bits per heavy atom. The highest BCUT2D eigenvalue weighted by molar-refractivity contribution is 5.81. The first-order chi connectivity index (χ1) is 9.69. The molecule has 0 radical (unpaired) electrons. The summed E-state index contributed by atoms with van der Waals surface area (Å²) in [4.78, 5) is 11.1. The van der Waals surface area contributed by atoms with Gasteiger partial charge in [-0.2, -0.15) is 0 Å². The highest BCUT2D eigenvalue weighted by Crippen LogP contribution is 2.61. The largest absolute Gasteiger partial charge is 0.460 e. The minimum atomic E-state index is -0.389. The predicted octanol–water partition coefficient (Wildman–Crippen LogP) is 2.28. The fraction of sp³-hybridized carbons (Fsp3) is 0.812. The summed E-state index contributed by atoms with van der Waals surface area (Å²) in [6.07, 6.45) is 7.52. The maximum atomic E-state index is 11.1. The van der Waals surface area contributed by atoms with E-state index in [-0.39, 0.29) is 24.5 Å². The van der Waals surface area contributed by atoms with Crippen LogP contribution >= 0.6 is 0 Å². The zero-order valence-corrected chi connectivity index (χ0v) is 11.8. The van der Waals surface area contributed by atoms with Crippen LogP contribution in [0.15, 0.2) is 12.7 Å². The van der Waals surface area contributed by atoms with E-state index < -0.39 is 0 Å². The summed E-state index contributed by atoms with van der Waals surface area (Å²) in [5, 5.41) is 0. The van der Waals surface area contributed by atoms with Crippen LogP contribution in [0.2, 0.25) is 0 Å². The van der Waals surface area contributed by atoms with E-state index in [2.05, 4.69) is 6.58 Å². The van der Waals surface area contributed by atoms with Crippen molar-refractivity contribution in [2.45, 2.75) is 44.0 Å². The third-order valence-corrected chi connectivity index (χ3v) is 5.70. The van der Waals surface area contributed by atoms with Gasteiger partial charge in [-0.25, -0.2) is 4.79 Å². The number of carbonyl (C=O) groups excluding carboxylic acids is 1. The highest BCUT2D eigenvalue weighted by atomic mass is 16.8. The zero-order chi connectivity index (χ0) is 13.7. The molecule has 0 aromatic rings. The Balaban J connectivity index is 1.44. The Labute approximate surface area is 119 Å². The molecule has 20 heavy (non-hydrogen) atoms. The lowest BCUT2D eigenvalue weighted by Crippen LogP contribution is -2.58. The van der Waals surface area contributed by atoms with Gasteiger partial charge in [0, 0.05) is 17.9 Å². The van der Waals surface area contributed by atoms with Crippen LogP contribution in [0.25, 0.3) is 0 Å². The van der Waals surface area contributed by atoms with Crippen molar-refractivity contribution in [1.29, 1.82) is 0 Å². The second-order valence-corrected chi connectivity index (χ2v) is 6.91. The van der Waals surface area contributed by atoms with Crippen LogP contribution < -0.4 is 0 Å². The number of esters is 1. The van der Waals surface area contributed by atoms with E-state index in [1.807, 2.05) is 0 Å². The van der Waals surface area contributed by atoms with E-state index in [4.69, 9.17) is 14.2 Å².